The van der Waals surface area contributed by atoms with Crippen LogP contribution in [-0.2, 0) is 14.6 Å². The lowest BCUT2D eigenvalue weighted by molar-refractivity contribution is -0.0228. The number of carbonyl (C=O) groups is 1. The first-order chi connectivity index (χ1) is 12.4. The van der Waals surface area contributed by atoms with Crippen LogP contribution in [0.15, 0.2) is 59.5 Å². The number of benzene rings is 2. The number of hydrogen-bond acceptors (Lipinski definition) is 4. The molecule has 1 aliphatic heterocycles. The van der Waals surface area contributed by atoms with E-state index in [-0.39, 0.29) is 17.6 Å². The van der Waals surface area contributed by atoms with Crippen molar-refractivity contribution in [2.75, 3.05) is 19.7 Å². The molecule has 1 amide bonds. The summed E-state index contributed by atoms with van der Waals surface area (Å²) in [7, 11) is -4.67. The summed E-state index contributed by atoms with van der Waals surface area (Å²) in [6.07, 6.45) is -0.243. The number of amides is 1. The molecule has 0 aliphatic carbocycles. The fraction of sp³-hybridized carbons (Fsp3) is 0.278. The normalized spacial score (nSPS) is 18.1. The van der Waals surface area contributed by atoms with Gasteiger partial charge in [0.2, 0.25) is 9.84 Å². The number of hydrogen-bond donors (Lipinski definition) is 0. The van der Waals surface area contributed by atoms with Crippen molar-refractivity contribution in [1.29, 1.82) is 0 Å². The lowest BCUT2D eigenvalue weighted by Crippen LogP contribution is -2.42. The summed E-state index contributed by atoms with van der Waals surface area (Å²) in [5, 5.41) is 0. The van der Waals surface area contributed by atoms with Crippen LogP contribution in [0.2, 0.25) is 0 Å². The molecule has 1 aliphatic rings. The first-order valence-electron chi connectivity index (χ1n) is 7.97. The number of sulfone groups is 1. The summed E-state index contributed by atoms with van der Waals surface area (Å²) in [5.74, 6) is -3.79. The van der Waals surface area contributed by atoms with Crippen molar-refractivity contribution in [1.82, 2.24) is 4.90 Å². The van der Waals surface area contributed by atoms with Crippen LogP contribution in [-0.4, -0.2) is 44.7 Å². The topological polar surface area (TPSA) is 63.7 Å². The van der Waals surface area contributed by atoms with Crippen molar-refractivity contribution >= 4 is 15.7 Å². The number of rotatable bonds is 4. The highest BCUT2D eigenvalue weighted by Gasteiger charge is 2.28. The third-order valence-corrected chi connectivity index (χ3v) is 5.59. The molecule has 0 spiro atoms. The van der Waals surface area contributed by atoms with Gasteiger partial charge in [-0.3, -0.25) is 4.79 Å². The zero-order valence-electron chi connectivity index (χ0n) is 13.7. The van der Waals surface area contributed by atoms with Gasteiger partial charge in [-0.2, -0.15) is 8.78 Å². The van der Waals surface area contributed by atoms with Crippen molar-refractivity contribution < 1.29 is 26.7 Å². The van der Waals surface area contributed by atoms with Crippen molar-refractivity contribution in [3.8, 4) is 0 Å². The minimum Gasteiger partial charge on any atom is -0.370 e. The van der Waals surface area contributed by atoms with Crippen LogP contribution < -0.4 is 0 Å². The van der Waals surface area contributed by atoms with E-state index in [9.17, 15) is 22.0 Å². The summed E-state index contributed by atoms with van der Waals surface area (Å²) in [5.41, 5.74) is 1.20. The van der Waals surface area contributed by atoms with Crippen molar-refractivity contribution in [2.24, 2.45) is 0 Å². The molecule has 2 aromatic rings. The summed E-state index contributed by atoms with van der Waals surface area (Å²) < 4.78 is 53.8. The van der Waals surface area contributed by atoms with Gasteiger partial charge < -0.3 is 9.64 Å². The second kappa shape index (κ2) is 7.51. The van der Waals surface area contributed by atoms with E-state index in [1.54, 1.807) is 4.90 Å². The molecule has 2 aromatic carbocycles. The zero-order chi connectivity index (χ0) is 18.7. The fourth-order valence-electron chi connectivity index (χ4n) is 2.78. The molecule has 0 saturated carbocycles. The predicted octanol–water partition coefficient (Wildman–Crippen LogP) is 2.90. The number of morpholine rings is 1. The summed E-state index contributed by atoms with van der Waals surface area (Å²) in [4.78, 5) is 13.7. The monoisotopic (exact) mass is 381 g/mol. The number of carbonyl (C=O) groups excluding carboxylic acids is 1. The van der Waals surface area contributed by atoms with E-state index >= 15 is 0 Å². The zero-order valence-corrected chi connectivity index (χ0v) is 14.5. The molecular weight excluding hydrogens is 364 g/mol. The Hall–Kier alpha value is -2.32. The predicted molar refractivity (Wildman–Crippen MR) is 90.7 cm³/mol. The molecule has 1 unspecified atom stereocenters. The molecule has 0 radical (unpaired) electrons. The van der Waals surface area contributed by atoms with Crippen LogP contribution in [0.1, 0.15) is 22.0 Å². The molecule has 1 fully saturated rings. The van der Waals surface area contributed by atoms with Crippen LogP contribution in [0, 0.1) is 0 Å². The average Bonchev–Trinajstić information content (AvgIpc) is 2.68. The third kappa shape index (κ3) is 3.76. The molecule has 1 heterocycles. The summed E-state index contributed by atoms with van der Waals surface area (Å²) in [6, 6.07) is 14.1. The van der Waals surface area contributed by atoms with Crippen LogP contribution in [0.5, 0.6) is 0 Å². The van der Waals surface area contributed by atoms with Crippen molar-refractivity contribution in [3.63, 3.8) is 0 Å². The van der Waals surface area contributed by atoms with E-state index in [4.69, 9.17) is 4.74 Å². The highest BCUT2D eigenvalue weighted by Crippen LogP contribution is 2.24. The molecule has 3 rings (SSSR count). The minimum absolute atomic E-state index is 0.243. The molecular formula is C18H17F2NO4S. The molecule has 8 heteroatoms. The highest BCUT2D eigenvalue weighted by atomic mass is 32.2. The molecule has 1 saturated heterocycles. The maximum absolute atomic E-state index is 12.6. The molecule has 26 heavy (non-hydrogen) atoms. The Bertz CT molecular complexity index is 870. The molecule has 5 nitrogen and oxygen atoms in total. The largest absolute Gasteiger partial charge is 0.370 e. The van der Waals surface area contributed by atoms with Crippen molar-refractivity contribution in [2.45, 2.75) is 16.8 Å². The van der Waals surface area contributed by atoms with E-state index in [1.165, 1.54) is 12.1 Å². The Kier molecular flexibility index (Phi) is 5.33. The van der Waals surface area contributed by atoms with Gasteiger partial charge in [0.15, 0.2) is 0 Å². The lowest BCUT2D eigenvalue weighted by atomic mass is 10.1. The highest BCUT2D eigenvalue weighted by molar-refractivity contribution is 7.91. The van der Waals surface area contributed by atoms with Crippen LogP contribution in [0.3, 0.4) is 0 Å². The van der Waals surface area contributed by atoms with Gasteiger partial charge in [-0.25, -0.2) is 8.42 Å². The van der Waals surface area contributed by atoms with E-state index in [0.29, 0.717) is 19.7 Å². The molecule has 0 bridgehead atoms. The van der Waals surface area contributed by atoms with Gasteiger partial charge >= 0.3 is 5.76 Å². The van der Waals surface area contributed by atoms with Gasteiger partial charge in [-0.1, -0.05) is 30.3 Å². The number of ether oxygens (including phenoxy) is 1. The fourth-order valence-corrected chi connectivity index (χ4v) is 3.50. The summed E-state index contributed by atoms with van der Waals surface area (Å²) >= 11 is 0. The quantitative estimate of drug-likeness (QED) is 0.817. The molecule has 0 N–H and O–H groups in total. The third-order valence-electron chi connectivity index (χ3n) is 4.19. The SMILES string of the molecule is O=C(c1ccc(S(=O)(=O)C(F)F)cc1)N1CCOC(c2ccccc2)C1. The van der Waals surface area contributed by atoms with E-state index in [1.807, 2.05) is 30.3 Å². The number of halogens is 2. The summed E-state index contributed by atoms with van der Waals surface area (Å²) in [6.45, 7) is 1.14. The van der Waals surface area contributed by atoms with Crippen molar-refractivity contribution in [3.05, 3.63) is 65.7 Å². The first-order valence-corrected chi connectivity index (χ1v) is 9.52. The van der Waals surface area contributed by atoms with Gasteiger partial charge in [-0.15, -0.1) is 0 Å². The second-order valence-corrected chi connectivity index (χ2v) is 7.77. The number of nitrogens with zero attached hydrogens (tertiary/aromatic N) is 1. The maximum Gasteiger partial charge on any atom is 0.341 e. The average molecular weight is 381 g/mol. The molecule has 0 aromatic heterocycles. The standard InChI is InChI=1S/C18H17F2NO4S/c19-18(20)26(23,24)15-8-6-14(7-9-15)17(22)21-10-11-25-16(12-21)13-4-2-1-3-5-13/h1-9,16,18H,10-12H2. The van der Waals surface area contributed by atoms with Gasteiger partial charge in [0.1, 0.15) is 6.10 Å². The van der Waals surface area contributed by atoms with Crippen LogP contribution in [0.25, 0.3) is 0 Å². The smallest absolute Gasteiger partial charge is 0.341 e. The molecule has 138 valence electrons. The van der Waals surface area contributed by atoms with Gasteiger partial charge in [0, 0.05) is 12.1 Å². The molecule has 1 atom stereocenters. The van der Waals surface area contributed by atoms with E-state index < -0.39 is 20.5 Å². The van der Waals surface area contributed by atoms with Crippen LogP contribution in [0.4, 0.5) is 8.78 Å². The van der Waals surface area contributed by atoms with Gasteiger partial charge in [0.25, 0.3) is 5.91 Å². The first kappa shape index (κ1) is 18.5. The van der Waals surface area contributed by atoms with Gasteiger partial charge in [0.05, 0.1) is 18.0 Å². The Morgan fingerprint density at radius 2 is 1.73 bits per heavy atom. The minimum atomic E-state index is -4.67. The van der Waals surface area contributed by atoms with E-state index in [2.05, 4.69) is 0 Å². The maximum atomic E-state index is 12.6. The second-order valence-electron chi connectivity index (χ2n) is 5.85. The Balaban J connectivity index is 1.75. The lowest BCUT2D eigenvalue weighted by Gasteiger charge is -2.33. The Labute approximate surface area is 150 Å². The Morgan fingerprint density at radius 3 is 2.35 bits per heavy atom. The van der Waals surface area contributed by atoms with Crippen LogP contribution >= 0.6 is 0 Å². The van der Waals surface area contributed by atoms with E-state index in [0.717, 1.165) is 17.7 Å². The number of alkyl halides is 2. The Morgan fingerprint density at radius 1 is 1.08 bits per heavy atom. The van der Waals surface area contributed by atoms with Gasteiger partial charge in [-0.05, 0) is 29.8 Å².